The van der Waals surface area contributed by atoms with Gasteiger partial charge in [-0.05, 0) is 24.3 Å². The van der Waals surface area contributed by atoms with E-state index in [-0.39, 0.29) is 14.9 Å². The van der Waals surface area contributed by atoms with Crippen molar-refractivity contribution in [1.29, 1.82) is 0 Å². The number of hydrogen-bond donors (Lipinski definition) is 0. The lowest BCUT2D eigenvalue weighted by Crippen LogP contribution is -1.91. The fraction of sp³-hybridized carbons (Fsp3) is 1.00. The molecule has 0 N–H and O–H groups in total. The first-order valence-electron chi connectivity index (χ1n) is 2.58. The van der Waals surface area contributed by atoms with E-state index in [1.54, 1.807) is 0 Å². The van der Waals surface area contributed by atoms with Crippen LogP contribution in [0.3, 0.4) is 0 Å². The monoisotopic (exact) mass is 134 g/mol. The smallest absolute Gasteiger partial charge is 0.00675 e. The molecule has 0 nitrogen and oxygen atoms in total. The van der Waals surface area contributed by atoms with Gasteiger partial charge in [0.2, 0.25) is 0 Å². The molecule has 0 radical (unpaired) electrons. The van der Waals surface area contributed by atoms with Crippen molar-refractivity contribution in [3.63, 3.8) is 0 Å². The first-order valence-corrected chi connectivity index (χ1v) is 3.73. The molecule has 1 saturated heterocycles. The molecule has 1 heterocycles. The summed E-state index contributed by atoms with van der Waals surface area (Å²) in [5.41, 5.74) is 0. The van der Waals surface area contributed by atoms with Gasteiger partial charge in [0.05, 0.1) is 0 Å². The highest BCUT2D eigenvalue weighted by Gasteiger charge is 1.95. The van der Waals surface area contributed by atoms with Crippen LogP contribution in [0.5, 0.6) is 0 Å². The molecule has 52 valence electrons. The summed E-state index contributed by atoms with van der Waals surface area (Å²) in [7, 11) is 0. The molecule has 0 bridgehead atoms. The van der Waals surface area contributed by atoms with Crippen molar-refractivity contribution >= 4 is 11.8 Å². The molecule has 1 rings (SSSR count). The summed E-state index contributed by atoms with van der Waals surface area (Å²) < 4.78 is 0. The van der Waals surface area contributed by atoms with E-state index in [1.165, 1.54) is 30.8 Å². The number of rotatable bonds is 0. The maximum atomic E-state index is 2.09. The highest BCUT2D eigenvalue weighted by Crippen LogP contribution is 2.14. The molecule has 0 atom stereocenters. The Balaban J connectivity index is 0. The first-order chi connectivity index (χ1) is 3.00. The average Bonchev–Trinajstić information content (AvgIpc) is 1.72. The lowest BCUT2D eigenvalue weighted by Gasteiger charge is -2.05. The van der Waals surface area contributed by atoms with Crippen LogP contribution in [-0.2, 0) is 0 Å². The first kappa shape index (κ1) is 11.2. The highest BCUT2D eigenvalue weighted by molar-refractivity contribution is 7.99. The number of hydrogen-bond acceptors (Lipinski definition) is 1. The summed E-state index contributed by atoms with van der Waals surface area (Å²) in [5, 5.41) is 0. The van der Waals surface area contributed by atoms with E-state index in [0.717, 1.165) is 0 Å². The summed E-state index contributed by atoms with van der Waals surface area (Å²) in [6.07, 6.45) is 4.41. The van der Waals surface area contributed by atoms with E-state index in [2.05, 4.69) is 11.8 Å². The normalized spacial score (nSPS) is 18.0. The Morgan fingerprint density at radius 3 is 1.38 bits per heavy atom. The van der Waals surface area contributed by atoms with Crippen LogP contribution in [0.2, 0.25) is 0 Å². The lowest BCUT2D eigenvalue weighted by molar-refractivity contribution is 0.764. The molecule has 1 aliphatic rings. The van der Waals surface area contributed by atoms with E-state index >= 15 is 0 Å². The Morgan fingerprint density at radius 2 is 1.25 bits per heavy atom. The summed E-state index contributed by atoms with van der Waals surface area (Å²) in [4.78, 5) is 0. The minimum atomic E-state index is 0. The van der Waals surface area contributed by atoms with Crippen molar-refractivity contribution in [2.45, 2.75) is 34.1 Å². The molecule has 1 heteroatoms. The maximum absolute atomic E-state index is 2.09. The average molecular weight is 134 g/mol. The van der Waals surface area contributed by atoms with Gasteiger partial charge in [0.25, 0.3) is 0 Å². The maximum Gasteiger partial charge on any atom is -0.00675 e. The highest BCUT2D eigenvalue weighted by atomic mass is 32.2. The zero-order valence-electron chi connectivity index (χ0n) is 3.94. The van der Waals surface area contributed by atoms with Crippen LogP contribution in [0.25, 0.3) is 0 Å². The predicted octanol–water partition coefficient (Wildman–Crippen LogP) is 3.18. The molecule has 0 saturated carbocycles. The molecule has 0 aromatic carbocycles. The Bertz CT molecular complexity index is 19.9. The van der Waals surface area contributed by atoms with Crippen LogP contribution in [0.15, 0.2) is 0 Å². The second kappa shape index (κ2) is 7.35. The minimum Gasteiger partial charge on any atom is -0.162 e. The van der Waals surface area contributed by atoms with Crippen molar-refractivity contribution in [2.75, 3.05) is 11.5 Å². The SMILES string of the molecule is C.C.C1CCSCC1. The van der Waals surface area contributed by atoms with Gasteiger partial charge in [0.1, 0.15) is 0 Å². The van der Waals surface area contributed by atoms with Gasteiger partial charge < -0.3 is 0 Å². The van der Waals surface area contributed by atoms with Crippen LogP contribution < -0.4 is 0 Å². The Hall–Kier alpha value is 0.350. The van der Waals surface area contributed by atoms with Gasteiger partial charge in [-0.15, -0.1) is 0 Å². The summed E-state index contributed by atoms with van der Waals surface area (Å²) in [6, 6.07) is 0. The minimum absolute atomic E-state index is 0. The van der Waals surface area contributed by atoms with Gasteiger partial charge in [-0.3, -0.25) is 0 Å². The van der Waals surface area contributed by atoms with E-state index in [1.807, 2.05) is 0 Å². The Labute approximate surface area is 58.1 Å². The fourth-order valence-corrected chi connectivity index (χ4v) is 1.71. The van der Waals surface area contributed by atoms with Crippen LogP contribution in [0.4, 0.5) is 0 Å². The van der Waals surface area contributed by atoms with Crippen LogP contribution in [-0.4, -0.2) is 11.5 Å². The Kier molecular flexibility index (Phi) is 10.3. The van der Waals surface area contributed by atoms with Crippen molar-refractivity contribution < 1.29 is 0 Å². The molecule has 1 aliphatic heterocycles. The second-order valence-electron chi connectivity index (χ2n) is 1.67. The molecular formula is C7H18S. The standard InChI is InChI=1S/C5H10S.2CH4/c1-2-4-6-5-3-1;;/h1-5H2;2*1H4. The molecule has 0 aliphatic carbocycles. The molecule has 0 spiro atoms. The van der Waals surface area contributed by atoms with Gasteiger partial charge in [-0.1, -0.05) is 21.3 Å². The van der Waals surface area contributed by atoms with Gasteiger partial charge >= 0.3 is 0 Å². The third-order valence-corrected chi connectivity index (χ3v) is 2.23. The van der Waals surface area contributed by atoms with Gasteiger partial charge in [-0.2, -0.15) is 11.8 Å². The van der Waals surface area contributed by atoms with Crippen molar-refractivity contribution in [2.24, 2.45) is 0 Å². The summed E-state index contributed by atoms with van der Waals surface area (Å²) in [5.74, 6) is 2.83. The fourth-order valence-electron chi connectivity index (χ4n) is 0.687. The van der Waals surface area contributed by atoms with Crippen LogP contribution >= 0.6 is 11.8 Å². The molecule has 0 aromatic heterocycles. The zero-order chi connectivity index (χ0) is 4.24. The van der Waals surface area contributed by atoms with Crippen LogP contribution in [0, 0.1) is 0 Å². The van der Waals surface area contributed by atoms with E-state index < -0.39 is 0 Å². The van der Waals surface area contributed by atoms with E-state index in [4.69, 9.17) is 0 Å². The van der Waals surface area contributed by atoms with E-state index in [0.29, 0.717) is 0 Å². The summed E-state index contributed by atoms with van der Waals surface area (Å²) in [6.45, 7) is 0. The van der Waals surface area contributed by atoms with Gasteiger partial charge in [0.15, 0.2) is 0 Å². The topological polar surface area (TPSA) is 0 Å². The molecule has 0 aromatic rings. The summed E-state index contributed by atoms with van der Waals surface area (Å²) >= 11 is 2.09. The van der Waals surface area contributed by atoms with Crippen LogP contribution in [0.1, 0.15) is 34.1 Å². The quantitative estimate of drug-likeness (QED) is 0.490. The molecule has 8 heavy (non-hydrogen) atoms. The Morgan fingerprint density at radius 1 is 0.750 bits per heavy atom. The van der Waals surface area contributed by atoms with Gasteiger partial charge in [-0.25, -0.2) is 0 Å². The van der Waals surface area contributed by atoms with Crippen molar-refractivity contribution in [3.05, 3.63) is 0 Å². The predicted molar refractivity (Wildman–Crippen MR) is 44.6 cm³/mol. The van der Waals surface area contributed by atoms with Crippen molar-refractivity contribution in [3.8, 4) is 0 Å². The third-order valence-electron chi connectivity index (χ3n) is 1.08. The second-order valence-corrected chi connectivity index (χ2v) is 2.90. The number of thioether (sulfide) groups is 1. The zero-order valence-corrected chi connectivity index (χ0v) is 4.76. The largest absolute Gasteiger partial charge is 0.162 e. The third kappa shape index (κ3) is 4.51. The van der Waals surface area contributed by atoms with Gasteiger partial charge in [0, 0.05) is 0 Å². The molecular weight excluding hydrogens is 116 g/mol. The van der Waals surface area contributed by atoms with E-state index in [9.17, 15) is 0 Å². The molecule has 0 unspecified atom stereocenters. The molecule has 1 fully saturated rings. The van der Waals surface area contributed by atoms with Crippen molar-refractivity contribution in [1.82, 2.24) is 0 Å². The lowest BCUT2D eigenvalue weighted by atomic mass is 10.3. The molecule has 0 amide bonds.